The molecule has 0 fully saturated rings. The van der Waals surface area contributed by atoms with Gasteiger partial charge in [0.1, 0.15) is 11.0 Å². The maximum absolute atomic E-state index is 14.6. The van der Waals surface area contributed by atoms with E-state index in [-0.39, 0.29) is 17.8 Å². The van der Waals surface area contributed by atoms with Gasteiger partial charge in [-0.3, -0.25) is 9.69 Å². The molecule has 2 heterocycles. The topological polar surface area (TPSA) is 33.2 Å². The summed E-state index contributed by atoms with van der Waals surface area (Å²) in [7, 11) is 0. The highest BCUT2D eigenvalue weighted by Crippen LogP contribution is 2.43. The van der Waals surface area contributed by atoms with E-state index in [0.717, 1.165) is 27.5 Å². The molecule has 5 rings (SSSR count). The van der Waals surface area contributed by atoms with Crippen LogP contribution < -0.4 is 0 Å². The fourth-order valence-corrected chi connectivity index (χ4v) is 4.68. The third kappa shape index (κ3) is 3.03. The smallest absolute Gasteiger partial charge is 0.259 e. The van der Waals surface area contributed by atoms with Crippen molar-refractivity contribution in [2.75, 3.05) is 0 Å². The summed E-state index contributed by atoms with van der Waals surface area (Å²) in [6.45, 7) is 1.97. The first-order valence-corrected chi connectivity index (χ1v) is 10.5. The lowest BCUT2D eigenvalue weighted by atomic mass is 9.91. The van der Waals surface area contributed by atoms with E-state index < -0.39 is 0 Å². The summed E-state index contributed by atoms with van der Waals surface area (Å²) in [5.74, 6) is -0.363. The lowest BCUT2D eigenvalue weighted by molar-refractivity contribution is 0.0796. The molecule has 30 heavy (non-hydrogen) atoms. The van der Waals surface area contributed by atoms with Gasteiger partial charge < -0.3 is 0 Å². The van der Waals surface area contributed by atoms with Gasteiger partial charge in [-0.25, -0.2) is 9.37 Å². The zero-order chi connectivity index (χ0) is 20.8. The van der Waals surface area contributed by atoms with Crippen LogP contribution in [0.5, 0.6) is 0 Å². The molecule has 0 N–H and O–H groups in total. The molecule has 2 aliphatic rings. The number of rotatable bonds is 3. The van der Waals surface area contributed by atoms with Crippen LogP contribution in [-0.4, -0.2) is 15.8 Å². The Labute approximate surface area is 179 Å². The molecule has 1 atom stereocenters. The number of allylic oxidation sites excluding steroid dienone is 3. The highest BCUT2D eigenvalue weighted by molar-refractivity contribution is 6.29. The molecule has 1 aliphatic carbocycles. The molecule has 0 spiro atoms. The van der Waals surface area contributed by atoms with Crippen molar-refractivity contribution in [2.24, 2.45) is 0 Å². The number of aromatic nitrogens is 1. The maximum Gasteiger partial charge on any atom is 0.259 e. The van der Waals surface area contributed by atoms with E-state index in [4.69, 9.17) is 11.6 Å². The number of hydrogen-bond acceptors (Lipinski definition) is 2. The summed E-state index contributed by atoms with van der Waals surface area (Å²) in [4.78, 5) is 19.2. The highest BCUT2D eigenvalue weighted by Gasteiger charge is 2.38. The molecular weight excluding hydrogens is 399 g/mol. The summed E-state index contributed by atoms with van der Waals surface area (Å²) in [5.41, 5.74) is 4.07. The highest BCUT2D eigenvalue weighted by atomic mass is 35.5. The predicted octanol–water partition coefficient (Wildman–Crippen LogP) is 6.53. The number of pyridine rings is 1. The maximum atomic E-state index is 14.6. The molecule has 0 bridgehead atoms. The van der Waals surface area contributed by atoms with Gasteiger partial charge in [0.25, 0.3) is 5.91 Å². The van der Waals surface area contributed by atoms with Crippen LogP contribution >= 0.6 is 11.6 Å². The van der Waals surface area contributed by atoms with Gasteiger partial charge in [0, 0.05) is 18.2 Å². The van der Waals surface area contributed by atoms with E-state index in [1.165, 1.54) is 0 Å². The van der Waals surface area contributed by atoms with Gasteiger partial charge in [-0.05, 0) is 65.4 Å². The molecule has 3 nitrogen and oxygen atoms in total. The molecule has 2 aromatic carbocycles. The van der Waals surface area contributed by atoms with Gasteiger partial charge in [-0.1, -0.05) is 48.0 Å². The lowest BCUT2D eigenvalue weighted by Gasteiger charge is -2.25. The average molecular weight is 419 g/mol. The van der Waals surface area contributed by atoms with Crippen molar-refractivity contribution >= 4 is 28.3 Å². The van der Waals surface area contributed by atoms with Crippen LogP contribution in [0.25, 0.3) is 10.8 Å². The van der Waals surface area contributed by atoms with Crippen LogP contribution in [-0.2, 0) is 6.42 Å². The van der Waals surface area contributed by atoms with Crippen LogP contribution in [0.3, 0.4) is 0 Å². The number of nitrogens with zero attached hydrogens (tertiary/aromatic N) is 2. The summed E-state index contributed by atoms with van der Waals surface area (Å²) in [6.07, 6.45) is 7.07. The number of carbonyl (C=O) groups is 1. The van der Waals surface area contributed by atoms with E-state index in [2.05, 4.69) is 11.1 Å². The summed E-state index contributed by atoms with van der Waals surface area (Å²) < 4.78 is 14.6. The third-order valence-electron chi connectivity index (χ3n) is 5.95. The van der Waals surface area contributed by atoms with Gasteiger partial charge in [0.2, 0.25) is 0 Å². The van der Waals surface area contributed by atoms with Gasteiger partial charge in [-0.2, -0.15) is 0 Å². The van der Waals surface area contributed by atoms with Gasteiger partial charge in [0.05, 0.1) is 11.7 Å². The minimum Gasteiger partial charge on any atom is -0.299 e. The monoisotopic (exact) mass is 418 g/mol. The largest absolute Gasteiger partial charge is 0.299 e. The number of hydrogen-bond donors (Lipinski definition) is 0. The molecular formula is C25H20ClFN2O. The second-order valence-electron chi connectivity index (χ2n) is 7.79. The van der Waals surface area contributed by atoms with Gasteiger partial charge in [0.15, 0.2) is 0 Å². The quantitative estimate of drug-likeness (QED) is 0.453. The van der Waals surface area contributed by atoms with Crippen molar-refractivity contribution in [1.82, 2.24) is 9.88 Å². The summed E-state index contributed by atoms with van der Waals surface area (Å²) >= 11 is 5.92. The molecule has 1 aliphatic heterocycles. The second-order valence-corrected chi connectivity index (χ2v) is 8.18. The van der Waals surface area contributed by atoms with E-state index in [1.54, 1.807) is 23.2 Å². The van der Waals surface area contributed by atoms with E-state index in [1.807, 2.05) is 43.3 Å². The standard InChI is InChI=1S/C25H20ClFN2O/c1-15-24-19-7-3-2-6-18(19)17(12-16-10-11-23(26)28-14-16)13-20(24)25(30)29(15)22-9-5-4-8-21(22)27/h2-3,5-7,9-11,13-15H,4,8,12H2,1H3. The molecule has 3 aromatic rings. The normalized spacial score (nSPS) is 18.4. The van der Waals surface area contributed by atoms with Crippen molar-refractivity contribution in [3.05, 3.63) is 99.7 Å². The Bertz CT molecular complexity index is 1230. The number of amides is 1. The molecule has 150 valence electrons. The zero-order valence-electron chi connectivity index (χ0n) is 16.5. The Morgan fingerprint density at radius 3 is 2.73 bits per heavy atom. The number of halogens is 2. The van der Waals surface area contributed by atoms with Crippen molar-refractivity contribution in [1.29, 1.82) is 0 Å². The van der Waals surface area contributed by atoms with Crippen LogP contribution in [0.1, 0.15) is 52.9 Å². The van der Waals surface area contributed by atoms with Gasteiger partial charge >= 0.3 is 0 Å². The first-order chi connectivity index (χ1) is 14.5. The fourth-order valence-electron chi connectivity index (χ4n) is 4.56. The second kappa shape index (κ2) is 7.37. The Morgan fingerprint density at radius 1 is 1.20 bits per heavy atom. The fraction of sp³-hybridized carbons (Fsp3) is 0.200. The van der Waals surface area contributed by atoms with Crippen molar-refractivity contribution in [2.45, 2.75) is 32.2 Å². The Hall–Kier alpha value is -2.98. The summed E-state index contributed by atoms with van der Waals surface area (Å²) in [6, 6.07) is 13.6. The van der Waals surface area contributed by atoms with Gasteiger partial charge in [-0.15, -0.1) is 0 Å². The molecule has 5 heteroatoms. The van der Waals surface area contributed by atoms with E-state index in [0.29, 0.717) is 35.7 Å². The Kier molecular flexibility index (Phi) is 4.67. The van der Waals surface area contributed by atoms with Crippen molar-refractivity contribution in [3.63, 3.8) is 0 Å². The Balaban J connectivity index is 1.66. The first-order valence-electron chi connectivity index (χ1n) is 10.1. The SMILES string of the molecule is CC1c2c(cc(Cc3ccc(Cl)nc3)c3ccccc23)C(=O)N1C1=C(F)CCC=C1. The first kappa shape index (κ1) is 19.0. The van der Waals surface area contributed by atoms with Crippen molar-refractivity contribution in [3.8, 4) is 0 Å². The van der Waals surface area contributed by atoms with E-state index in [9.17, 15) is 9.18 Å². The summed E-state index contributed by atoms with van der Waals surface area (Å²) in [5, 5.41) is 2.59. The minimum absolute atomic E-state index is 0.143. The Morgan fingerprint density at radius 2 is 2.00 bits per heavy atom. The molecule has 0 radical (unpaired) electrons. The average Bonchev–Trinajstić information content (AvgIpc) is 3.00. The minimum atomic E-state index is -0.229. The molecule has 1 amide bonds. The molecule has 1 unspecified atom stereocenters. The van der Waals surface area contributed by atoms with Crippen LogP contribution in [0.4, 0.5) is 4.39 Å². The lowest BCUT2D eigenvalue weighted by Crippen LogP contribution is -2.26. The number of benzene rings is 2. The van der Waals surface area contributed by atoms with Crippen LogP contribution in [0, 0.1) is 0 Å². The number of carbonyl (C=O) groups excluding carboxylic acids is 1. The van der Waals surface area contributed by atoms with Crippen LogP contribution in [0.2, 0.25) is 5.15 Å². The molecule has 0 saturated heterocycles. The van der Waals surface area contributed by atoms with Crippen LogP contribution in [0.15, 0.2) is 72.3 Å². The molecule has 0 saturated carbocycles. The molecule has 1 aromatic heterocycles. The predicted molar refractivity (Wildman–Crippen MR) is 117 cm³/mol. The third-order valence-corrected chi connectivity index (χ3v) is 6.18. The van der Waals surface area contributed by atoms with Crippen molar-refractivity contribution < 1.29 is 9.18 Å². The van der Waals surface area contributed by atoms with E-state index >= 15 is 0 Å². The number of fused-ring (bicyclic) bond motifs is 3. The zero-order valence-corrected chi connectivity index (χ0v) is 17.3.